The van der Waals surface area contributed by atoms with Gasteiger partial charge in [0.25, 0.3) is 0 Å². The third kappa shape index (κ3) is 1.63. The summed E-state index contributed by atoms with van der Waals surface area (Å²) in [4.78, 5) is 0. The van der Waals surface area contributed by atoms with Crippen molar-refractivity contribution in [3.05, 3.63) is 24.3 Å². The first-order chi connectivity index (χ1) is 5.70. The van der Waals surface area contributed by atoms with Gasteiger partial charge in [-0.3, -0.25) is 0 Å². The molecule has 0 nitrogen and oxygen atoms in total. The zero-order valence-electron chi connectivity index (χ0n) is 7.97. The molecule has 0 aromatic carbocycles. The fraction of sp³-hybridized carbons (Fsp3) is 0.667. The first-order valence-corrected chi connectivity index (χ1v) is 5.05. The standard InChI is InChI=1S/C12H18/c1-10(2)8-11-4-3-5-12(9-11)6-7-12/h6-7,11H,1,3-5,8-9H2,2H3/t11-/m1/s1. The molecule has 0 heterocycles. The van der Waals surface area contributed by atoms with Gasteiger partial charge in [0.05, 0.1) is 0 Å². The molecule has 66 valence electrons. The van der Waals surface area contributed by atoms with Gasteiger partial charge in [-0.25, -0.2) is 0 Å². The molecule has 2 rings (SSSR count). The molecule has 0 amide bonds. The van der Waals surface area contributed by atoms with Crippen LogP contribution in [-0.4, -0.2) is 0 Å². The molecule has 12 heavy (non-hydrogen) atoms. The van der Waals surface area contributed by atoms with Crippen LogP contribution in [0.2, 0.25) is 0 Å². The lowest BCUT2D eigenvalue weighted by Crippen LogP contribution is -2.17. The van der Waals surface area contributed by atoms with E-state index in [0.717, 1.165) is 5.92 Å². The van der Waals surface area contributed by atoms with Crippen LogP contribution in [0.3, 0.4) is 0 Å². The maximum Gasteiger partial charge on any atom is 0.00643 e. The Morgan fingerprint density at radius 3 is 2.92 bits per heavy atom. The minimum absolute atomic E-state index is 0.596. The van der Waals surface area contributed by atoms with E-state index in [4.69, 9.17) is 0 Å². The van der Waals surface area contributed by atoms with Gasteiger partial charge in [0.15, 0.2) is 0 Å². The highest BCUT2D eigenvalue weighted by Gasteiger charge is 2.38. The molecular formula is C12H18. The van der Waals surface area contributed by atoms with Crippen LogP contribution in [0.1, 0.15) is 39.0 Å². The molecule has 1 spiro atoms. The van der Waals surface area contributed by atoms with Crippen molar-refractivity contribution in [3.63, 3.8) is 0 Å². The third-order valence-corrected chi connectivity index (χ3v) is 3.20. The zero-order valence-corrected chi connectivity index (χ0v) is 7.97. The fourth-order valence-corrected chi connectivity index (χ4v) is 2.55. The van der Waals surface area contributed by atoms with Crippen LogP contribution < -0.4 is 0 Å². The van der Waals surface area contributed by atoms with Crippen molar-refractivity contribution in [2.45, 2.75) is 39.0 Å². The van der Waals surface area contributed by atoms with Crippen molar-refractivity contribution in [2.24, 2.45) is 11.3 Å². The van der Waals surface area contributed by atoms with Crippen molar-refractivity contribution >= 4 is 0 Å². The van der Waals surface area contributed by atoms with Gasteiger partial charge in [0.1, 0.15) is 0 Å². The van der Waals surface area contributed by atoms with Crippen LogP contribution in [0.25, 0.3) is 0 Å². The van der Waals surface area contributed by atoms with Gasteiger partial charge < -0.3 is 0 Å². The van der Waals surface area contributed by atoms with Gasteiger partial charge in [-0.05, 0) is 32.1 Å². The first-order valence-electron chi connectivity index (χ1n) is 5.05. The predicted octanol–water partition coefficient (Wildman–Crippen LogP) is 3.70. The average molecular weight is 162 g/mol. The second kappa shape index (κ2) is 2.76. The zero-order chi connectivity index (χ0) is 8.60. The van der Waals surface area contributed by atoms with E-state index in [1.54, 1.807) is 0 Å². The second-order valence-electron chi connectivity index (χ2n) is 4.69. The maximum atomic E-state index is 4.00. The summed E-state index contributed by atoms with van der Waals surface area (Å²) in [7, 11) is 0. The van der Waals surface area contributed by atoms with Crippen molar-refractivity contribution < 1.29 is 0 Å². The van der Waals surface area contributed by atoms with Crippen LogP contribution in [0, 0.1) is 11.3 Å². The summed E-state index contributed by atoms with van der Waals surface area (Å²) in [6, 6.07) is 0. The highest BCUT2D eigenvalue weighted by Crippen LogP contribution is 2.50. The molecule has 0 unspecified atom stereocenters. The van der Waals surface area contributed by atoms with E-state index in [2.05, 4.69) is 25.7 Å². The lowest BCUT2D eigenvalue weighted by atomic mass is 9.75. The SMILES string of the molecule is C=C(C)C[C@H]1CCCC2(C=C2)C1. The third-order valence-electron chi connectivity index (χ3n) is 3.20. The summed E-state index contributed by atoms with van der Waals surface area (Å²) >= 11 is 0. The van der Waals surface area contributed by atoms with Gasteiger partial charge in [0.2, 0.25) is 0 Å². The lowest BCUT2D eigenvalue weighted by molar-refractivity contribution is 0.270. The van der Waals surface area contributed by atoms with E-state index in [-0.39, 0.29) is 0 Å². The molecule has 0 aromatic heterocycles. The highest BCUT2D eigenvalue weighted by molar-refractivity contribution is 5.27. The monoisotopic (exact) mass is 162 g/mol. The Morgan fingerprint density at radius 2 is 2.33 bits per heavy atom. The number of hydrogen-bond acceptors (Lipinski definition) is 0. The molecule has 0 saturated heterocycles. The Kier molecular flexibility index (Phi) is 1.86. The summed E-state index contributed by atoms with van der Waals surface area (Å²) in [5.41, 5.74) is 1.95. The van der Waals surface area contributed by atoms with Gasteiger partial charge in [0, 0.05) is 5.41 Å². The molecule has 0 bridgehead atoms. The van der Waals surface area contributed by atoms with Gasteiger partial charge in [-0.1, -0.05) is 30.6 Å². The van der Waals surface area contributed by atoms with E-state index in [9.17, 15) is 0 Å². The highest BCUT2D eigenvalue weighted by atomic mass is 14.4. The van der Waals surface area contributed by atoms with Crippen LogP contribution in [0.15, 0.2) is 24.3 Å². The molecule has 2 aliphatic carbocycles. The number of hydrogen-bond donors (Lipinski definition) is 0. The van der Waals surface area contributed by atoms with E-state index >= 15 is 0 Å². The number of rotatable bonds is 2. The Morgan fingerprint density at radius 1 is 1.58 bits per heavy atom. The van der Waals surface area contributed by atoms with E-state index in [1.807, 2.05) is 0 Å². The maximum absolute atomic E-state index is 4.00. The second-order valence-corrected chi connectivity index (χ2v) is 4.69. The summed E-state index contributed by atoms with van der Waals surface area (Å²) < 4.78 is 0. The summed E-state index contributed by atoms with van der Waals surface area (Å²) in [5.74, 6) is 0.922. The van der Waals surface area contributed by atoms with E-state index in [1.165, 1.54) is 37.7 Å². The van der Waals surface area contributed by atoms with Gasteiger partial charge >= 0.3 is 0 Å². The summed E-state index contributed by atoms with van der Waals surface area (Å²) in [6.45, 7) is 6.15. The van der Waals surface area contributed by atoms with E-state index in [0.29, 0.717) is 5.41 Å². The summed E-state index contributed by atoms with van der Waals surface area (Å²) in [5, 5.41) is 0. The van der Waals surface area contributed by atoms with Crippen molar-refractivity contribution in [2.75, 3.05) is 0 Å². The van der Waals surface area contributed by atoms with Crippen molar-refractivity contribution in [3.8, 4) is 0 Å². The Balaban J connectivity index is 1.87. The molecule has 1 saturated carbocycles. The van der Waals surface area contributed by atoms with Crippen LogP contribution in [0.5, 0.6) is 0 Å². The Labute approximate surface area is 75.4 Å². The van der Waals surface area contributed by atoms with Crippen molar-refractivity contribution in [1.29, 1.82) is 0 Å². The fourth-order valence-electron chi connectivity index (χ4n) is 2.55. The average Bonchev–Trinajstić information content (AvgIpc) is 2.68. The Bertz CT molecular complexity index is 216. The molecule has 0 aromatic rings. The normalized spacial score (nSPS) is 30.6. The molecular weight excluding hydrogens is 144 g/mol. The lowest BCUT2D eigenvalue weighted by Gasteiger charge is -2.29. The minimum Gasteiger partial charge on any atom is -0.100 e. The molecule has 1 atom stereocenters. The topological polar surface area (TPSA) is 0 Å². The van der Waals surface area contributed by atoms with Crippen LogP contribution in [-0.2, 0) is 0 Å². The minimum atomic E-state index is 0.596. The van der Waals surface area contributed by atoms with Gasteiger partial charge in [-0.15, -0.1) is 6.58 Å². The van der Waals surface area contributed by atoms with Crippen LogP contribution >= 0.6 is 0 Å². The van der Waals surface area contributed by atoms with Crippen LogP contribution in [0.4, 0.5) is 0 Å². The first kappa shape index (κ1) is 8.10. The summed E-state index contributed by atoms with van der Waals surface area (Å²) in [6.07, 6.45) is 11.7. The van der Waals surface area contributed by atoms with Crippen molar-refractivity contribution in [1.82, 2.24) is 0 Å². The molecule has 2 aliphatic rings. The smallest absolute Gasteiger partial charge is 0.00643 e. The quantitative estimate of drug-likeness (QED) is 0.543. The Hall–Kier alpha value is -0.520. The van der Waals surface area contributed by atoms with E-state index < -0.39 is 0 Å². The van der Waals surface area contributed by atoms with Gasteiger partial charge in [-0.2, -0.15) is 0 Å². The molecule has 0 N–H and O–H groups in total. The molecule has 0 heteroatoms. The molecule has 0 aliphatic heterocycles. The molecule has 1 fully saturated rings. The largest absolute Gasteiger partial charge is 0.100 e. The predicted molar refractivity (Wildman–Crippen MR) is 53.0 cm³/mol. The number of allylic oxidation sites excluding steroid dienone is 3. The molecule has 0 radical (unpaired) electrons.